The molecule has 3 heterocycles. The lowest BCUT2D eigenvalue weighted by molar-refractivity contribution is -0.561. The van der Waals surface area contributed by atoms with E-state index in [1.54, 1.807) is 0 Å². The average Bonchev–Trinajstić information content (AvgIpc) is 3.91. The molecular weight excluding hydrogens is 708 g/mol. The normalized spacial score (nSPS) is 43.0. The van der Waals surface area contributed by atoms with Gasteiger partial charge in [-0.25, -0.2) is 4.58 Å². The van der Waals surface area contributed by atoms with Crippen molar-refractivity contribution >= 4 is 6.72 Å². The third kappa shape index (κ3) is 8.03. The Morgan fingerprint density at radius 3 is 1.96 bits per heavy atom. The van der Waals surface area contributed by atoms with Crippen LogP contribution in [0.5, 0.6) is 0 Å². The summed E-state index contributed by atoms with van der Waals surface area (Å²) >= 11 is 0. The molecule has 0 aromatic heterocycles. The van der Waals surface area contributed by atoms with Gasteiger partial charge in [-0.15, -0.1) is 0 Å². The zero-order chi connectivity index (χ0) is 38.4. The van der Waals surface area contributed by atoms with Gasteiger partial charge in [0.05, 0.1) is 55.8 Å². The molecule has 0 bridgehead atoms. The largest absolute Gasteiger partial charge is 0.394 e. The molecular formula is C27H41N16O10+. The van der Waals surface area contributed by atoms with Crippen LogP contribution in [0.15, 0.2) is 25.6 Å². The molecule has 26 nitrogen and oxygen atoms in total. The second-order valence-corrected chi connectivity index (χ2v) is 13.6. The second kappa shape index (κ2) is 17.3. The molecule has 0 amide bonds. The summed E-state index contributed by atoms with van der Waals surface area (Å²) in [6.07, 6.45) is -15.1. The van der Waals surface area contributed by atoms with Crippen LogP contribution in [0.3, 0.4) is 0 Å². The van der Waals surface area contributed by atoms with E-state index in [0.29, 0.717) is 12.8 Å². The molecule has 3 aliphatic heterocycles. The van der Waals surface area contributed by atoms with Gasteiger partial charge in [0.25, 0.3) is 0 Å². The van der Waals surface area contributed by atoms with E-state index in [4.69, 9.17) is 34.7 Å². The highest BCUT2D eigenvalue weighted by Gasteiger charge is 2.62. The Hall–Kier alpha value is -4.18. The van der Waals surface area contributed by atoms with Crippen LogP contribution in [-0.2, 0) is 23.7 Å². The number of nitrogens with zero attached hydrogens (tertiary/aromatic N) is 16. The first-order valence-corrected chi connectivity index (χ1v) is 16.8. The first kappa shape index (κ1) is 40.0. The molecule has 2 saturated carbocycles. The molecule has 5 unspecified atom stereocenters. The summed E-state index contributed by atoms with van der Waals surface area (Å²) in [5.41, 5.74) is 45.8. The molecule has 53 heavy (non-hydrogen) atoms. The SMILES string of the molecule is C=[N+](C)C1([C@@H]2CCC(N=[N+]=[N-])[C@@H](C3C(N=[N+]=[N-])CC(N=[N+]=[N-])[C@H](O)[C@H]3O[C@@H]3O[C@H](CO)[C@@H](O[C@H]4O[C@@H](CN=[N+]=[N-])[C@@H](O)[C@H](O)C4N=[N+]=[N-])[C@H]3O)O2)CC1. The fourth-order valence-corrected chi connectivity index (χ4v) is 7.93. The van der Waals surface area contributed by atoms with Gasteiger partial charge in [-0.3, -0.25) is 0 Å². The fraction of sp³-hybridized carbons (Fsp3) is 0.963. The van der Waals surface area contributed by atoms with Gasteiger partial charge in [0.1, 0.15) is 50.3 Å². The highest BCUT2D eigenvalue weighted by molar-refractivity contribution is 5.19. The summed E-state index contributed by atoms with van der Waals surface area (Å²) < 4.78 is 32.1. The van der Waals surface area contributed by atoms with Crippen molar-refractivity contribution in [3.05, 3.63) is 52.2 Å². The van der Waals surface area contributed by atoms with E-state index in [-0.39, 0.29) is 6.42 Å². The molecule has 0 spiro atoms. The van der Waals surface area contributed by atoms with Crippen LogP contribution < -0.4 is 0 Å². The van der Waals surface area contributed by atoms with Gasteiger partial charge in [0.2, 0.25) is 0 Å². The van der Waals surface area contributed by atoms with Crippen LogP contribution >= 0.6 is 0 Å². The van der Waals surface area contributed by atoms with E-state index >= 15 is 0 Å². The number of ether oxygens (including phenoxy) is 5. The van der Waals surface area contributed by atoms with Crippen LogP contribution in [0, 0.1) is 5.92 Å². The Balaban J connectivity index is 1.47. The Labute approximate surface area is 300 Å². The number of aliphatic hydroxyl groups excluding tert-OH is 5. The van der Waals surface area contributed by atoms with Crippen molar-refractivity contribution < 1.29 is 53.8 Å². The second-order valence-electron chi connectivity index (χ2n) is 13.6. The molecule has 0 aromatic carbocycles. The molecule has 17 atom stereocenters. The van der Waals surface area contributed by atoms with Crippen LogP contribution in [0.4, 0.5) is 0 Å². The number of likely N-dealkylation sites (N-methyl/N-ethyl adjacent to an activating group) is 1. The molecule has 0 aromatic rings. The number of hydrogen-bond donors (Lipinski definition) is 5. The van der Waals surface area contributed by atoms with Gasteiger partial charge in [-0.05, 0) is 46.9 Å². The van der Waals surface area contributed by atoms with E-state index in [1.165, 1.54) is 0 Å². The van der Waals surface area contributed by atoms with E-state index in [9.17, 15) is 42.1 Å². The molecule has 2 aliphatic carbocycles. The Morgan fingerprint density at radius 2 is 1.36 bits per heavy atom. The van der Waals surface area contributed by atoms with E-state index < -0.39 is 122 Å². The number of rotatable bonds is 14. The lowest BCUT2D eigenvalue weighted by Gasteiger charge is -2.49. The summed E-state index contributed by atoms with van der Waals surface area (Å²) in [6, 6.07) is -4.66. The summed E-state index contributed by atoms with van der Waals surface area (Å²) in [4.78, 5) is 14.1. The molecule has 3 saturated heterocycles. The predicted octanol–water partition coefficient (Wildman–Crippen LogP) is 1.11. The van der Waals surface area contributed by atoms with Crippen molar-refractivity contribution in [3.63, 3.8) is 0 Å². The first-order valence-electron chi connectivity index (χ1n) is 16.8. The van der Waals surface area contributed by atoms with Crippen LogP contribution in [0.2, 0.25) is 0 Å². The maximum absolute atomic E-state index is 11.7. The predicted molar refractivity (Wildman–Crippen MR) is 175 cm³/mol. The Kier molecular flexibility index (Phi) is 13.1. The molecule has 26 heteroatoms. The third-order valence-electron chi connectivity index (χ3n) is 10.8. The average molecular weight is 750 g/mol. The van der Waals surface area contributed by atoms with Gasteiger partial charge in [-0.2, -0.15) is 0 Å². The Bertz CT molecular complexity index is 1590. The number of azide groups is 5. The quantitative estimate of drug-likeness (QED) is 0.0553. The zero-order valence-corrected chi connectivity index (χ0v) is 28.4. The van der Waals surface area contributed by atoms with Crippen LogP contribution in [0.1, 0.15) is 32.1 Å². The Morgan fingerprint density at radius 1 is 0.736 bits per heavy atom. The minimum atomic E-state index is -1.80. The summed E-state index contributed by atoms with van der Waals surface area (Å²) in [5.74, 6) is -1.08. The smallest absolute Gasteiger partial charge is 0.187 e. The van der Waals surface area contributed by atoms with Crippen molar-refractivity contribution in [3.8, 4) is 0 Å². The third-order valence-corrected chi connectivity index (χ3v) is 10.8. The first-order chi connectivity index (χ1) is 25.5. The molecule has 0 radical (unpaired) electrons. The fourth-order valence-electron chi connectivity index (χ4n) is 7.93. The summed E-state index contributed by atoms with van der Waals surface area (Å²) in [7, 11) is 1.82. The monoisotopic (exact) mass is 749 g/mol. The van der Waals surface area contributed by atoms with E-state index in [1.807, 2.05) is 11.6 Å². The highest BCUT2D eigenvalue weighted by Crippen LogP contribution is 2.49. The molecule has 5 aliphatic rings. The summed E-state index contributed by atoms with van der Waals surface area (Å²) in [6.45, 7) is 2.83. The minimum Gasteiger partial charge on any atom is -0.394 e. The lowest BCUT2D eigenvalue weighted by Crippen LogP contribution is -2.62. The maximum atomic E-state index is 11.7. The number of hydrogen-bond acceptors (Lipinski definition) is 15. The molecule has 5 fully saturated rings. The van der Waals surface area contributed by atoms with Crippen molar-refractivity contribution in [1.82, 2.24) is 0 Å². The summed E-state index contributed by atoms with van der Waals surface area (Å²) in [5, 5.41) is 73.0. The van der Waals surface area contributed by atoms with Gasteiger partial charge < -0.3 is 49.2 Å². The molecule has 288 valence electrons. The van der Waals surface area contributed by atoms with E-state index in [2.05, 4.69) is 56.8 Å². The lowest BCUT2D eigenvalue weighted by atomic mass is 9.72. The van der Waals surface area contributed by atoms with Gasteiger partial charge in [0, 0.05) is 49.4 Å². The standard InChI is InChI=1S/C27H41N16O10/c1-43(2)27(5-6-27)15-4-3-10(34-39-29)22(51-15)16-11(35-40-30)7-12(36-41-31)18(45)24(16)53-26-21(48)23(14(9-44)50-26)52-25-17(37-42-32)20(47)19(46)13(49-25)8-33-38-28/h10-26,44-48H,1,3-9H2,2H3/q+1/t10?,11?,12?,13-,14+,15-,16?,17?,18-,19+,20+,21+,22-,23+,24-,25+,26-/m0/s1. The van der Waals surface area contributed by atoms with Gasteiger partial charge in [0.15, 0.2) is 18.1 Å². The van der Waals surface area contributed by atoms with Crippen molar-refractivity contribution in [2.75, 3.05) is 20.2 Å². The van der Waals surface area contributed by atoms with Crippen molar-refractivity contribution in [1.29, 1.82) is 0 Å². The molecule has 5 N–H and O–H groups in total. The topological polar surface area (TPSA) is 394 Å². The maximum Gasteiger partial charge on any atom is 0.187 e. The van der Waals surface area contributed by atoms with Gasteiger partial charge in [-0.1, -0.05) is 25.6 Å². The molecule has 5 rings (SSSR count). The van der Waals surface area contributed by atoms with E-state index in [0.717, 1.165) is 12.8 Å². The number of aliphatic hydroxyl groups is 5. The van der Waals surface area contributed by atoms with Gasteiger partial charge >= 0.3 is 0 Å². The highest BCUT2D eigenvalue weighted by atomic mass is 16.7. The van der Waals surface area contributed by atoms with Crippen molar-refractivity contribution in [2.45, 2.75) is 135 Å². The van der Waals surface area contributed by atoms with Crippen LogP contribution in [0.25, 0.3) is 52.2 Å². The van der Waals surface area contributed by atoms with Crippen LogP contribution in [-0.4, -0.2) is 160 Å². The van der Waals surface area contributed by atoms with Crippen molar-refractivity contribution in [2.24, 2.45) is 31.5 Å². The minimum absolute atomic E-state index is 0.141. The zero-order valence-electron chi connectivity index (χ0n) is 28.4.